The second-order valence-corrected chi connectivity index (χ2v) is 12.0. The summed E-state index contributed by atoms with van der Waals surface area (Å²) in [6.45, 7) is 1.04. The first-order chi connectivity index (χ1) is 18.9. The Hall–Kier alpha value is -4.09. The molecule has 3 heterocycles. The van der Waals surface area contributed by atoms with Crippen molar-refractivity contribution in [3.8, 4) is 0 Å². The zero-order valence-corrected chi connectivity index (χ0v) is 22.4. The molecule has 1 aliphatic rings. The van der Waals surface area contributed by atoms with Crippen LogP contribution in [0.1, 0.15) is 22.3 Å². The van der Waals surface area contributed by atoms with Crippen molar-refractivity contribution >= 4 is 48.3 Å². The van der Waals surface area contributed by atoms with Crippen LogP contribution in [-0.2, 0) is 23.0 Å². The Bertz CT molecular complexity index is 1750. The molecule has 6 rings (SSSR count). The van der Waals surface area contributed by atoms with Crippen molar-refractivity contribution in [2.45, 2.75) is 24.3 Å². The molecule has 0 aliphatic carbocycles. The summed E-state index contributed by atoms with van der Waals surface area (Å²) in [6.07, 6.45) is 5.01. The summed E-state index contributed by atoms with van der Waals surface area (Å²) in [5.41, 5.74) is 2.20. The molecule has 0 saturated carbocycles. The Morgan fingerprint density at radius 3 is 2.62 bits per heavy atom. The van der Waals surface area contributed by atoms with E-state index in [2.05, 4.69) is 10.1 Å². The number of sulfonamides is 1. The van der Waals surface area contributed by atoms with Gasteiger partial charge in [0.05, 0.1) is 21.8 Å². The number of aromatic nitrogens is 3. The SMILES string of the molecule is O=C(c1ccc(S(=O)(=O)N2CCCc3ccccc32)cc1)N(CCn1cccn1)c1nc2c(F)cccc2s1. The van der Waals surface area contributed by atoms with E-state index in [1.54, 1.807) is 35.3 Å². The van der Waals surface area contributed by atoms with Gasteiger partial charge in [0.15, 0.2) is 5.13 Å². The fraction of sp³-hybridized carbons (Fsp3) is 0.179. The Morgan fingerprint density at radius 2 is 1.85 bits per heavy atom. The number of amides is 1. The summed E-state index contributed by atoms with van der Waals surface area (Å²) in [5, 5.41) is 4.56. The molecule has 5 aromatic rings. The third kappa shape index (κ3) is 4.79. The van der Waals surface area contributed by atoms with Crippen LogP contribution in [0.5, 0.6) is 0 Å². The van der Waals surface area contributed by atoms with Crippen molar-refractivity contribution in [2.24, 2.45) is 0 Å². The van der Waals surface area contributed by atoms with Crippen LogP contribution < -0.4 is 9.21 Å². The standard InChI is InChI=1S/C28H24FN5O3S2/c29-23-8-3-10-25-26(23)31-28(38-25)33(19-18-32-16-5-15-30-32)27(35)21-11-13-22(14-12-21)39(36,37)34-17-4-7-20-6-1-2-9-24(20)34/h1-3,5-6,8-16H,4,7,17-19H2. The lowest BCUT2D eigenvalue weighted by Crippen LogP contribution is -2.35. The summed E-state index contributed by atoms with van der Waals surface area (Å²) >= 11 is 1.22. The zero-order chi connectivity index (χ0) is 27.0. The molecule has 0 unspecified atom stereocenters. The van der Waals surface area contributed by atoms with Gasteiger partial charge >= 0.3 is 0 Å². The molecule has 0 atom stereocenters. The van der Waals surface area contributed by atoms with E-state index in [9.17, 15) is 17.6 Å². The lowest BCUT2D eigenvalue weighted by atomic mass is 10.0. The maximum atomic E-state index is 14.4. The first-order valence-electron chi connectivity index (χ1n) is 12.5. The molecular weight excluding hydrogens is 537 g/mol. The van der Waals surface area contributed by atoms with Gasteiger partial charge in [0.2, 0.25) is 0 Å². The van der Waals surface area contributed by atoms with E-state index < -0.39 is 15.8 Å². The van der Waals surface area contributed by atoms with Gasteiger partial charge in [0.25, 0.3) is 15.9 Å². The fourth-order valence-corrected chi connectivity index (χ4v) is 7.28. The van der Waals surface area contributed by atoms with Crippen LogP contribution in [0.25, 0.3) is 10.2 Å². The number of hydrogen-bond donors (Lipinski definition) is 0. The van der Waals surface area contributed by atoms with E-state index in [0.717, 1.165) is 18.4 Å². The number of hydrogen-bond acceptors (Lipinski definition) is 6. The number of fused-ring (bicyclic) bond motifs is 2. The maximum Gasteiger partial charge on any atom is 0.264 e. The average molecular weight is 562 g/mol. The molecule has 3 aromatic carbocycles. The highest BCUT2D eigenvalue weighted by molar-refractivity contribution is 7.92. The van der Waals surface area contributed by atoms with Crippen LogP contribution in [0.3, 0.4) is 0 Å². The van der Waals surface area contributed by atoms with E-state index in [0.29, 0.717) is 34.2 Å². The van der Waals surface area contributed by atoms with E-state index in [1.165, 1.54) is 50.9 Å². The van der Waals surface area contributed by atoms with Gasteiger partial charge in [-0.2, -0.15) is 5.10 Å². The Morgan fingerprint density at radius 1 is 1.03 bits per heavy atom. The van der Waals surface area contributed by atoms with Crippen molar-refractivity contribution in [3.05, 3.63) is 102 Å². The molecule has 8 nitrogen and oxygen atoms in total. The molecule has 0 N–H and O–H groups in total. The molecule has 0 fully saturated rings. The molecule has 0 bridgehead atoms. The molecule has 0 spiro atoms. The monoisotopic (exact) mass is 561 g/mol. The molecule has 2 aromatic heterocycles. The number of carbonyl (C=O) groups excluding carboxylic acids is 1. The van der Waals surface area contributed by atoms with Gasteiger partial charge in [0, 0.05) is 31.0 Å². The van der Waals surface area contributed by atoms with Crippen LogP contribution in [0.4, 0.5) is 15.2 Å². The Labute approximate surface area is 229 Å². The lowest BCUT2D eigenvalue weighted by Gasteiger charge is -2.30. The predicted octanol–water partition coefficient (Wildman–Crippen LogP) is 5.12. The summed E-state index contributed by atoms with van der Waals surface area (Å²) in [5.74, 6) is -0.822. The largest absolute Gasteiger partial charge is 0.282 e. The highest BCUT2D eigenvalue weighted by atomic mass is 32.2. The van der Waals surface area contributed by atoms with Gasteiger partial charge in [-0.05, 0) is 66.9 Å². The molecular formula is C28H24FN5O3S2. The minimum Gasteiger partial charge on any atom is -0.282 e. The summed E-state index contributed by atoms with van der Waals surface area (Å²) < 4.78 is 45.2. The van der Waals surface area contributed by atoms with Crippen LogP contribution >= 0.6 is 11.3 Å². The highest BCUT2D eigenvalue weighted by Crippen LogP contribution is 2.33. The van der Waals surface area contributed by atoms with Gasteiger partial charge < -0.3 is 0 Å². The quantitative estimate of drug-likeness (QED) is 0.275. The number of thiazole rings is 1. The maximum absolute atomic E-state index is 14.4. The van der Waals surface area contributed by atoms with Crippen LogP contribution in [0.2, 0.25) is 0 Å². The van der Waals surface area contributed by atoms with Gasteiger partial charge in [-0.3, -0.25) is 18.7 Å². The predicted molar refractivity (Wildman–Crippen MR) is 149 cm³/mol. The van der Waals surface area contributed by atoms with Crippen LogP contribution in [-0.4, -0.2) is 42.2 Å². The lowest BCUT2D eigenvalue weighted by molar-refractivity contribution is 0.0985. The molecule has 1 amide bonds. The average Bonchev–Trinajstić information content (AvgIpc) is 3.64. The smallest absolute Gasteiger partial charge is 0.264 e. The van der Waals surface area contributed by atoms with E-state index in [1.807, 2.05) is 24.3 Å². The van der Waals surface area contributed by atoms with E-state index in [-0.39, 0.29) is 22.9 Å². The molecule has 0 radical (unpaired) electrons. The minimum absolute atomic E-state index is 0.112. The number of benzene rings is 3. The molecule has 198 valence electrons. The third-order valence-corrected chi connectivity index (χ3v) is 9.57. The summed E-state index contributed by atoms with van der Waals surface area (Å²) in [7, 11) is -3.81. The molecule has 39 heavy (non-hydrogen) atoms. The van der Waals surface area contributed by atoms with E-state index >= 15 is 0 Å². The van der Waals surface area contributed by atoms with Crippen LogP contribution in [0, 0.1) is 5.82 Å². The van der Waals surface area contributed by atoms with Gasteiger partial charge in [0.1, 0.15) is 11.3 Å². The number of halogens is 1. The Kier molecular flexibility index (Phi) is 6.61. The summed E-state index contributed by atoms with van der Waals surface area (Å²) in [6, 6.07) is 20.0. The fourth-order valence-electron chi connectivity index (χ4n) is 4.74. The molecule has 1 aliphatic heterocycles. The minimum atomic E-state index is -3.81. The van der Waals surface area contributed by atoms with Gasteiger partial charge in [-0.25, -0.2) is 17.8 Å². The highest BCUT2D eigenvalue weighted by Gasteiger charge is 2.29. The van der Waals surface area contributed by atoms with Crippen molar-refractivity contribution in [1.29, 1.82) is 0 Å². The van der Waals surface area contributed by atoms with Gasteiger partial charge in [-0.15, -0.1) is 0 Å². The molecule has 0 saturated heterocycles. The first kappa shape index (κ1) is 25.2. The first-order valence-corrected chi connectivity index (χ1v) is 14.7. The number of rotatable bonds is 7. The van der Waals surface area contributed by atoms with Crippen LogP contribution in [0.15, 0.2) is 90.1 Å². The number of aryl methyl sites for hydroxylation is 1. The second kappa shape index (κ2) is 10.2. The van der Waals surface area contributed by atoms with Gasteiger partial charge in [-0.1, -0.05) is 35.6 Å². The van der Waals surface area contributed by atoms with Crippen molar-refractivity contribution in [2.75, 3.05) is 22.3 Å². The number of anilines is 2. The second-order valence-electron chi connectivity index (χ2n) is 9.14. The molecule has 11 heteroatoms. The topological polar surface area (TPSA) is 88.4 Å². The number of nitrogens with zero attached hydrogens (tertiary/aromatic N) is 5. The zero-order valence-electron chi connectivity index (χ0n) is 20.8. The normalized spacial score (nSPS) is 13.4. The third-order valence-electron chi connectivity index (χ3n) is 6.70. The number of para-hydroxylation sites is 2. The number of carbonyl (C=O) groups is 1. The Balaban J connectivity index is 1.30. The van der Waals surface area contributed by atoms with Crippen molar-refractivity contribution in [1.82, 2.24) is 14.8 Å². The summed E-state index contributed by atoms with van der Waals surface area (Å²) in [4.78, 5) is 19.7. The van der Waals surface area contributed by atoms with E-state index in [4.69, 9.17) is 0 Å². The van der Waals surface area contributed by atoms with Crippen molar-refractivity contribution < 1.29 is 17.6 Å². The van der Waals surface area contributed by atoms with Crippen molar-refractivity contribution in [3.63, 3.8) is 0 Å².